The number of primary amides is 1. The first-order chi connectivity index (χ1) is 12.7. The van der Waals surface area contributed by atoms with E-state index in [2.05, 4.69) is 30.9 Å². The molecule has 1 aliphatic rings. The lowest BCUT2D eigenvalue weighted by Gasteiger charge is -2.14. The molecule has 1 aliphatic heterocycles. The molecule has 132 valence electrons. The summed E-state index contributed by atoms with van der Waals surface area (Å²) >= 11 is 0. The van der Waals surface area contributed by atoms with Crippen molar-refractivity contribution in [1.29, 1.82) is 0 Å². The molecule has 3 heterocycles. The molecule has 0 radical (unpaired) electrons. The second-order valence-corrected chi connectivity index (χ2v) is 6.19. The molecule has 3 aromatic rings. The van der Waals surface area contributed by atoms with Crippen LogP contribution in [0.15, 0.2) is 42.7 Å². The molecule has 0 bridgehead atoms. The van der Waals surface area contributed by atoms with Crippen LogP contribution in [-0.2, 0) is 0 Å². The first kappa shape index (κ1) is 16.2. The summed E-state index contributed by atoms with van der Waals surface area (Å²) in [5.41, 5.74) is 7.40. The zero-order valence-corrected chi connectivity index (χ0v) is 14.1. The molecule has 8 heteroatoms. The molecule has 0 spiro atoms. The lowest BCUT2D eigenvalue weighted by Crippen LogP contribution is -2.24. The number of amides is 1. The van der Waals surface area contributed by atoms with E-state index in [1.165, 1.54) is 6.20 Å². The summed E-state index contributed by atoms with van der Waals surface area (Å²) in [7, 11) is 0. The van der Waals surface area contributed by atoms with Crippen LogP contribution in [-0.4, -0.2) is 40.0 Å². The number of fused-ring (bicyclic) bond motifs is 1. The minimum atomic E-state index is -0.580. The van der Waals surface area contributed by atoms with E-state index in [0.29, 0.717) is 11.8 Å². The maximum atomic E-state index is 11.7. The molecule has 8 nitrogen and oxygen atoms in total. The van der Waals surface area contributed by atoms with Crippen molar-refractivity contribution in [3.63, 3.8) is 0 Å². The van der Waals surface area contributed by atoms with Gasteiger partial charge in [0.1, 0.15) is 11.4 Å². The number of hydrogen-bond acceptors (Lipinski definition) is 7. The molecule has 26 heavy (non-hydrogen) atoms. The van der Waals surface area contributed by atoms with Crippen molar-refractivity contribution in [3.8, 4) is 0 Å². The largest absolute Gasteiger partial charge is 0.365 e. The Morgan fingerprint density at radius 2 is 2.19 bits per heavy atom. The van der Waals surface area contributed by atoms with Crippen LogP contribution in [0.25, 0.3) is 10.9 Å². The van der Waals surface area contributed by atoms with E-state index >= 15 is 0 Å². The highest BCUT2D eigenvalue weighted by Crippen LogP contribution is 2.23. The Kier molecular flexibility index (Phi) is 4.32. The molecule has 0 saturated carbocycles. The molecular weight excluding hydrogens is 330 g/mol. The van der Waals surface area contributed by atoms with Gasteiger partial charge in [0.2, 0.25) is 5.95 Å². The quantitative estimate of drug-likeness (QED) is 0.553. The van der Waals surface area contributed by atoms with E-state index < -0.39 is 5.91 Å². The number of nitrogens with two attached hydrogens (primary N) is 1. The highest BCUT2D eigenvalue weighted by molar-refractivity contribution is 5.98. The third-order valence-corrected chi connectivity index (χ3v) is 4.31. The maximum absolute atomic E-state index is 11.7. The van der Waals surface area contributed by atoms with Crippen LogP contribution in [0.2, 0.25) is 0 Å². The first-order valence-corrected chi connectivity index (χ1v) is 8.45. The highest BCUT2D eigenvalue weighted by Gasteiger charge is 2.17. The Morgan fingerprint density at radius 3 is 3.00 bits per heavy atom. The highest BCUT2D eigenvalue weighted by atomic mass is 16.1. The molecule has 0 unspecified atom stereocenters. The van der Waals surface area contributed by atoms with Crippen LogP contribution in [0.1, 0.15) is 16.8 Å². The monoisotopic (exact) mass is 349 g/mol. The average molecular weight is 349 g/mol. The Balaban J connectivity index is 1.64. The SMILES string of the molecule is NC(=O)c1cnc(N[C@@H]2CCNC2)nc1Nc1ccc2ncccc2c1. The summed E-state index contributed by atoms with van der Waals surface area (Å²) in [6, 6.07) is 9.87. The number of pyridine rings is 1. The topological polar surface area (TPSA) is 118 Å². The van der Waals surface area contributed by atoms with E-state index in [0.717, 1.165) is 36.1 Å². The van der Waals surface area contributed by atoms with Gasteiger partial charge in [0, 0.05) is 36.1 Å². The van der Waals surface area contributed by atoms with Crippen LogP contribution in [0.4, 0.5) is 17.5 Å². The fraction of sp³-hybridized carbons (Fsp3) is 0.222. The average Bonchev–Trinajstić information content (AvgIpc) is 3.14. The maximum Gasteiger partial charge on any atom is 0.254 e. The van der Waals surface area contributed by atoms with Gasteiger partial charge in [-0.15, -0.1) is 0 Å². The Hall–Kier alpha value is -3.26. The molecular formula is C18H19N7O. The fourth-order valence-corrected chi connectivity index (χ4v) is 2.98. The summed E-state index contributed by atoms with van der Waals surface area (Å²) in [4.78, 5) is 24.7. The first-order valence-electron chi connectivity index (χ1n) is 8.45. The predicted octanol–water partition coefficient (Wildman–Crippen LogP) is 1.64. The van der Waals surface area contributed by atoms with Crippen molar-refractivity contribution in [1.82, 2.24) is 20.3 Å². The van der Waals surface area contributed by atoms with Gasteiger partial charge in [-0.3, -0.25) is 9.78 Å². The van der Waals surface area contributed by atoms with E-state index in [9.17, 15) is 4.79 Å². The summed E-state index contributed by atoms with van der Waals surface area (Å²) < 4.78 is 0. The van der Waals surface area contributed by atoms with Crippen LogP contribution in [0.3, 0.4) is 0 Å². The van der Waals surface area contributed by atoms with Gasteiger partial charge in [0.25, 0.3) is 5.91 Å². The van der Waals surface area contributed by atoms with Crippen molar-refractivity contribution in [2.75, 3.05) is 23.7 Å². The molecule has 1 saturated heterocycles. The van der Waals surface area contributed by atoms with Crippen LogP contribution in [0.5, 0.6) is 0 Å². The number of nitrogens with zero attached hydrogens (tertiary/aromatic N) is 3. The molecule has 5 N–H and O–H groups in total. The number of carbonyl (C=O) groups excluding carboxylic acids is 1. The van der Waals surface area contributed by atoms with Gasteiger partial charge in [0.05, 0.1) is 5.52 Å². The summed E-state index contributed by atoms with van der Waals surface area (Å²) in [6.07, 6.45) is 4.20. The van der Waals surface area contributed by atoms with Gasteiger partial charge in [0.15, 0.2) is 0 Å². The van der Waals surface area contributed by atoms with E-state index in [-0.39, 0.29) is 11.6 Å². The number of benzene rings is 1. The van der Waals surface area contributed by atoms with E-state index in [1.807, 2.05) is 30.3 Å². The Morgan fingerprint density at radius 1 is 1.27 bits per heavy atom. The van der Waals surface area contributed by atoms with Crippen molar-refractivity contribution >= 4 is 34.3 Å². The van der Waals surface area contributed by atoms with Crippen molar-refractivity contribution < 1.29 is 4.79 Å². The number of hydrogen-bond donors (Lipinski definition) is 4. The second kappa shape index (κ2) is 6.93. The second-order valence-electron chi connectivity index (χ2n) is 6.19. The molecule has 1 atom stereocenters. The third kappa shape index (κ3) is 3.40. The summed E-state index contributed by atoms with van der Waals surface area (Å²) in [5, 5.41) is 10.7. The summed E-state index contributed by atoms with van der Waals surface area (Å²) in [6.45, 7) is 1.83. The molecule has 1 amide bonds. The predicted molar refractivity (Wildman–Crippen MR) is 100 cm³/mol. The van der Waals surface area contributed by atoms with Gasteiger partial charge >= 0.3 is 0 Å². The van der Waals surface area contributed by atoms with Crippen molar-refractivity contribution in [2.24, 2.45) is 5.73 Å². The zero-order chi connectivity index (χ0) is 17.9. The molecule has 2 aromatic heterocycles. The van der Waals surface area contributed by atoms with Crippen LogP contribution in [0, 0.1) is 0 Å². The number of rotatable bonds is 5. The minimum absolute atomic E-state index is 0.242. The van der Waals surface area contributed by atoms with Gasteiger partial charge in [-0.1, -0.05) is 6.07 Å². The summed E-state index contributed by atoms with van der Waals surface area (Å²) in [5.74, 6) is 0.266. The molecule has 4 rings (SSSR count). The van der Waals surface area contributed by atoms with E-state index in [1.54, 1.807) is 6.20 Å². The number of anilines is 3. The molecule has 0 aliphatic carbocycles. The number of aromatic nitrogens is 3. The number of carbonyl (C=O) groups is 1. The number of nitrogens with one attached hydrogen (secondary N) is 3. The van der Waals surface area contributed by atoms with Crippen LogP contribution < -0.4 is 21.7 Å². The lowest BCUT2D eigenvalue weighted by atomic mass is 10.2. The Bertz CT molecular complexity index is 953. The van der Waals surface area contributed by atoms with E-state index in [4.69, 9.17) is 5.73 Å². The minimum Gasteiger partial charge on any atom is -0.365 e. The lowest BCUT2D eigenvalue weighted by molar-refractivity contribution is 0.100. The van der Waals surface area contributed by atoms with Gasteiger partial charge < -0.3 is 21.7 Å². The van der Waals surface area contributed by atoms with Gasteiger partial charge in [-0.2, -0.15) is 4.98 Å². The Labute approximate surface area is 150 Å². The smallest absolute Gasteiger partial charge is 0.254 e. The molecule has 1 fully saturated rings. The third-order valence-electron chi connectivity index (χ3n) is 4.31. The molecule has 1 aromatic carbocycles. The zero-order valence-electron chi connectivity index (χ0n) is 14.1. The standard InChI is InChI=1S/C18H19N7O/c19-16(26)14-10-22-18(24-13-5-7-20-9-13)25-17(14)23-12-3-4-15-11(8-12)2-1-6-21-15/h1-4,6,8,10,13,20H,5,7,9H2,(H2,19,26)(H2,22,23,24,25)/t13-/m1/s1. The fourth-order valence-electron chi connectivity index (χ4n) is 2.98. The van der Waals surface area contributed by atoms with Crippen molar-refractivity contribution in [2.45, 2.75) is 12.5 Å². The van der Waals surface area contributed by atoms with Gasteiger partial charge in [-0.25, -0.2) is 4.98 Å². The van der Waals surface area contributed by atoms with Crippen LogP contribution >= 0.6 is 0 Å². The normalized spacial score (nSPS) is 16.5. The van der Waals surface area contributed by atoms with Gasteiger partial charge in [-0.05, 0) is 37.2 Å². The van der Waals surface area contributed by atoms with Crippen molar-refractivity contribution in [3.05, 3.63) is 48.3 Å².